The van der Waals surface area contributed by atoms with Crippen LogP contribution in [-0.4, -0.2) is 21.8 Å². The minimum absolute atomic E-state index is 0.0351. The fourth-order valence-corrected chi connectivity index (χ4v) is 4.82. The lowest BCUT2D eigenvalue weighted by molar-refractivity contribution is -0.117. The first kappa shape index (κ1) is 16.7. The van der Waals surface area contributed by atoms with Gasteiger partial charge >= 0.3 is 0 Å². The van der Waals surface area contributed by atoms with E-state index >= 15 is 0 Å². The molecule has 2 aromatic rings. The average Bonchev–Trinajstić information content (AvgIpc) is 3.22. The Labute approximate surface area is 154 Å². The number of aromatic nitrogens is 2. The van der Waals surface area contributed by atoms with Crippen molar-refractivity contribution in [3.8, 4) is 0 Å². The maximum absolute atomic E-state index is 12.2. The molecule has 2 heterocycles. The van der Waals surface area contributed by atoms with E-state index in [-0.39, 0.29) is 24.2 Å². The molecule has 4 rings (SSSR count). The Bertz CT molecular complexity index is 809. The predicted molar refractivity (Wildman–Crippen MR) is 99.1 cm³/mol. The molecular weight excluding hydrogens is 356 g/mol. The summed E-state index contributed by atoms with van der Waals surface area (Å²) in [5.74, 6) is 0.752. The van der Waals surface area contributed by atoms with Crippen molar-refractivity contribution in [1.29, 1.82) is 0 Å². The SMILES string of the molecule is CC1CCc2nc(NC(=O)Cc3csc(NC(=O)C4CC4)n3)sc2C1. The standard InChI is InChI=1S/C17H20N4O2S2/c1-9-2-5-12-13(6-9)25-17(19-12)20-14(22)7-11-8-24-16(18-11)21-15(23)10-3-4-10/h8-10H,2-7H2,1H3,(H,18,21,23)(H,19,20,22). The van der Waals surface area contributed by atoms with Gasteiger partial charge in [0.05, 0.1) is 17.8 Å². The van der Waals surface area contributed by atoms with Gasteiger partial charge in [-0.05, 0) is 38.0 Å². The number of nitrogens with zero attached hydrogens (tertiary/aromatic N) is 2. The molecule has 1 atom stereocenters. The van der Waals surface area contributed by atoms with Crippen molar-refractivity contribution < 1.29 is 9.59 Å². The van der Waals surface area contributed by atoms with Crippen LogP contribution in [0.15, 0.2) is 5.38 Å². The number of hydrogen-bond acceptors (Lipinski definition) is 6. The Balaban J connectivity index is 1.33. The lowest BCUT2D eigenvalue weighted by atomic mass is 9.93. The quantitative estimate of drug-likeness (QED) is 0.839. The molecule has 6 nitrogen and oxygen atoms in total. The smallest absolute Gasteiger partial charge is 0.232 e. The highest BCUT2D eigenvalue weighted by Gasteiger charge is 2.30. The normalized spacial score (nSPS) is 19.3. The minimum atomic E-state index is -0.121. The van der Waals surface area contributed by atoms with Gasteiger partial charge in [0.25, 0.3) is 0 Å². The van der Waals surface area contributed by atoms with Crippen molar-refractivity contribution in [1.82, 2.24) is 9.97 Å². The van der Waals surface area contributed by atoms with E-state index in [2.05, 4.69) is 27.5 Å². The summed E-state index contributed by atoms with van der Waals surface area (Å²) in [6.45, 7) is 2.25. The van der Waals surface area contributed by atoms with Crippen LogP contribution in [0.5, 0.6) is 0 Å². The van der Waals surface area contributed by atoms with Crippen molar-refractivity contribution >= 4 is 44.8 Å². The summed E-state index contributed by atoms with van der Waals surface area (Å²) in [5.41, 5.74) is 1.81. The number of thiazole rings is 2. The second-order valence-electron chi connectivity index (χ2n) is 6.87. The molecule has 0 radical (unpaired) electrons. The molecule has 25 heavy (non-hydrogen) atoms. The zero-order valence-electron chi connectivity index (χ0n) is 14.0. The van der Waals surface area contributed by atoms with Crippen LogP contribution in [0.3, 0.4) is 0 Å². The van der Waals surface area contributed by atoms with Crippen LogP contribution in [0.2, 0.25) is 0 Å². The Morgan fingerprint density at radius 1 is 1.20 bits per heavy atom. The fourth-order valence-electron chi connectivity index (χ4n) is 2.92. The van der Waals surface area contributed by atoms with Gasteiger partial charge in [0.2, 0.25) is 11.8 Å². The number of amides is 2. The third kappa shape index (κ3) is 4.07. The van der Waals surface area contributed by atoms with Crippen LogP contribution >= 0.6 is 22.7 Å². The molecule has 2 aliphatic carbocycles. The first-order chi connectivity index (χ1) is 12.1. The van der Waals surface area contributed by atoms with Crippen LogP contribution in [-0.2, 0) is 28.9 Å². The van der Waals surface area contributed by atoms with E-state index < -0.39 is 0 Å². The minimum Gasteiger partial charge on any atom is -0.302 e. The van der Waals surface area contributed by atoms with Gasteiger partial charge in [0, 0.05) is 16.2 Å². The molecule has 0 aliphatic heterocycles. The van der Waals surface area contributed by atoms with Gasteiger partial charge in [-0.1, -0.05) is 6.92 Å². The Morgan fingerprint density at radius 3 is 2.84 bits per heavy atom. The third-order valence-corrected chi connectivity index (χ3v) is 6.35. The highest BCUT2D eigenvalue weighted by molar-refractivity contribution is 7.16. The number of carbonyl (C=O) groups excluding carboxylic acids is 2. The second kappa shape index (κ2) is 6.84. The molecule has 2 aromatic heterocycles. The maximum Gasteiger partial charge on any atom is 0.232 e. The average molecular weight is 377 g/mol. The van der Waals surface area contributed by atoms with Crippen molar-refractivity contribution in [2.45, 2.75) is 45.4 Å². The Hall–Kier alpha value is -1.80. The first-order valence-electron chi connectivity index (χ1n) is 8.60. The number of anilines is 2. The molecule has 0 saturated heterocycles. The predicted octanol–water partition coefficient (Wildman–Crippen LogP) is 3.25. The van der Waals surface area contributed by atoms with Gasteiger partial charge in [-0.15, -0.1) is 22.7 Å². The van der Waals surface area contributed by atoms with Crippen LogP contribution in [0.4, 0.5) is 10.3 Å². The topological polar surface area (TPSA) is 84.0 Å². The van der Waals surface area contributed by atoms with Gasteiger partial charge in [0.1, 0.15) is 0 Å². The fraction of sp³-hybridized carbons (Fsp3) is 0.529. The van der Waals surface area contributed by atoms with Gasteiger partial charge in [-0.25, -0.2) is 9.97 Å². The molecule has 1 saturated carbocycles. The van der Waals surface area contributed by atoms with Crippen LogP contribution < -0.4 is 10.6 Å². The van der Waals surface area contributed by atoms with Crippen molar-refractivity contribution in [3.05, 3.63) is 21.6 Å². The molecule has 2 N–H and O–H groups in total. The number of carbonyl (C=O) groups is 2. The van der Waals surface area contributed by atoms with Gasteiger partial charge in [-0.2, -0.15) is 0 Å². The summed E-state index contributed by atoms with van der Waals surface area (Å²) in [5, 5.41) is 8.76. The largest absolute Gasteiger partial charge is 0.302 e. The monoisotopic (exact) mass is 376 g/mol. The summed E-state index contributed by atoms with van der Waals surface area (Å²) in [7, 11) is 0. The van der Waals surface area contributed by atoms with Crippen molar-refractivity contribution in [2.75, 3.05) is 10.6 Å². The summed E-state index contributed by atoms with van der Waals surface area (Å²) >= 11 is 2.94. The number of fused-ring (bicyclic) bond motifs is 1. The maximum atomic E-state index is 12.2. The molecule has 1 unspecified atom stereocenters. The van der Waals surface area contributed by atoms with Crippen LogP contribution in [0, 0.1) is 11.8 Å². The molecule has 132 valence electrons. The second-order valence-corrected chi connectivity index (χ2v) is 8.81. The summed E-state index contributed by atoms with van der Waals surface area (Å²) in [6.07, 6.45) is 5.33. The molecule has 0 aromatic carbocycles. The van der Waals surface area contributed by atoms with Crippen LogP contribution in [0.25, 0.3) is 0 Å². The van der Waals surface area contributed by atoms with E-state index in [4.69, 9.17) is 0 Å². The molecule has 2 aliphatic rings. The van der Waals surface area contributed by atoms with Gasteiger partial charge in [0.15, 0.2) is 10.3 Å². The molecule has 1 fully saturated rings. The summed E-state index contributed by atoms with van der Waals surface area (Å²) in [4.78, 5) is 34.2. The first-order valence-corrected chi connectivity index (χ1v) is 10.3. The summed E-state index contributed by atoms with van der Waals surface area (Å²) < 4.78 is 0. The van der Waals surface area contributed by atoms with E-state index in [1.54, 1.807) is 11.3 Å². The number of hydrogen-bond donors (Lipinski definition) is 2. The molecule has 8 heteroatoms. The van der Waals surface area contributed by atoms with E-state index in [0.717, 1.165) is 37.8 Å². The Morgan fingerprint density at radius 2 is 2.04 bits per heavy atom. The van der Waals surface area contributed by atoms with Gasteiger partial charge < -0.3 is 10.6 Å². The highest BCUT2D eigenvalue weighted by Crippen LogP contribution is 2.32. The molecule has 0 spiro atoms. The molecule has 2 amide bonds. The number of aryl methyl sites for hydroxylation is 1. The zero-order chi connectivity index (χ0) is 17.4. The molecular formula is C17H20N4O2S2. The lowest BCUT2D eigenvalue weighted by Gasteiger charge is -2.15. The summed E-state index contributed by atoms with van der Waals surface area (Å²) in [6, 6.07) is 0. The van der Waals surface area contributed by atoms with Crippen LogP contribution in [0.1, 0.15) is 42.5 Å². The highest BCUT2D eigenvalue weighted by atomic mass is 32.1. The zero-order valence-corrected chi connectivity index (χ0v) is 15.6. The van der Waals surface area contributed by atoms with E-state index in [9.17, 15) is 9.59 Å². The van der Waals surface area contributed by atoms with Crippen molar-refractivity contribution in [2.24, 2.45) is 11.8 Å². The number of nitrogens with one attached hydrogen (secondary N) is 2. The van der Waals surface area contributed by atoms with E-state index in [1.807, 2.05) is 5.38 Å². The van der Waals surface area contributed by atoms with E-state index in [1.165, 1.54) is 16.2 Å². The van der Waals surface area contributed by atoms with E-state index in [0.29, 0.717) is 21.9 Å². The van der Waals surface area contributed by atoms with Crippen molar-refractivity contribution in [3.63, 3.8) is 0 Å². The Kier molecular flexibility index (Phi) is 4.56. The molecule has 0 bridgehead atoms. The van der Waals surface area contributed by atoms with Gasteiger partial charge in [-0.3, -0.25) is 9.59 Å². The lowest BCUT2D eigenvalue weighted by Crippen LogP contribution is -2.15. The third-order valence-electron chi connectivity index (χ3n) is 4.50. The number of rotatable bonds is 5.